The van der Waals surface area contributed by atoms with Gasteiger partial charge >= 0.3 is 0 Å². The van der Waals surface area contributed by atoms with Gasteiger partial charge in [0, 0.05) is 11.5 Å². The summed E-state index contributed by atoms with van der Waals surface area (Å²) < 4.78 is 5.50. The van der Waals surface area contributed by atoms with Crippen LogP contribution in [0.25, 0.3) is 11.1 Å². The van der Waals surface area contributed by atoms with E-state index < -0.39 is 0 Å². The summed E-state index contributed by atoms with van der Waals surface area (Å²) in [5, 5.41) is 11.9. The third kappa shape index (κ3) is 3.01. The van der Waals surface area contributed by atoms with Gasteiger partial charge in [0.05, 0.1) is 10.0 Å². The van der Waals surface area contributed by atoms with Gasteiger partial charge in [-0.1, -0.05) is 46.6 Å². The SMILES string of the molecule is N#CSCCSc1nc2c(Cl)cc(Cl)c(Cl)c2o1. The maximum atomic E-state index is 8.40. The number of hydrogen-bond donors (Lipinski definition) is 0. The highest BCUT2D eigenvalue weighted by atomic mass is 35.5. The van der Waals surface area contributed by atoms with E-state index in [0.29, 0.717) is 42.9 Å². The number of rotatable bonds is 4. The first-order valence-corrected chi connectivity index (χ1v) is 7.81. The predicted octanol–water partition coefficient (Wildman–Crippen LogP) is 5.09. The molecule has 94 valence electrons. The minimum atomic E-state index is 0.307. The van der Waals surface area contributed by atoms with Crippen molar-refractivity contribution in [1.82, 2.24) is 4.98 Å². The van der Waals surface area contributed by atoms with Crippen LogP contribution in [0.1, 0.15) is 0 Å². The number of thioether (sulfide) groups is 2. The van der Waals surface area contributed by atoms with Crippen molar-refractivity contribution in [2.45, 2.75) is 5.22 Å². The van der Waals surface area contributed by atoms with Crippen LogP contribution >= 0.6 is 58.3 Å². The van der Waals surface area contributed by atoms with E-state index in [4.69, 9.17) is 44.5 Å². The van der Waals surface area contributed by atoms with Crippen LogP contribution in [0.3, 0.4) is 0 Å². The van der Waals surface area contributed by atoms with Gasteiger partial charge in [-0.2, -0.15) is 5.26 Å². The average Bonchev–Trinajstić information content (AvgIpc) is 2.77. The summed E-state index contributed by atoms with van der Waals surface area (Å²) in [5.74, 6) is 1.41. The lowest BCUT2D eigenvalue weighted by atomic mass is 10.3. The van der Waals surface area contributed by atoms with E-state index >= 15 is 0 Å². The Morgan fingerprint density at radius 1 is 1.28 bits per heavy atom. The van der Waals surface area contributed by atoms with E-state index in [9.17, 15) is 0 Å². The molecule has 1 aromatic carbocycles. The van der Waals surface area contributed by atoms with Crippen molar-refractivity contribution in [2.75, 3.05) is 11.5 Å². The summed E-state index contributed by atoms with van der Waals surface area (Å²) in [6.45, 7) is 0. The molecule has 0 aliphatic rings. The summed E-state index contributed by atoms with van der Waals surface area (Å²) >= 11 is 20.5. The van der Waals surface area contributed by atoms with E-state index in [1.54, 1.807) is 0 Å². The zero-order valence-electron chi connectivity index (χ0n) is 8.74. The van der Waals surface area contributed by atoms with Crippen LogP contribution in [0.2, 0.25) is 15.1 Å². The van der Waals surface area contributed by atoms with Gasteiger partial charge in [0.25, 0.3) is 5.22 Å². The van der Waals surface area contributed by atoms with Crippen molar-refractivity contribution >= 4 is 69.4 Å². The molecule has 0 fully saturated rings. The third-order valence-electron chi connectivity index (χ3n) is 1.97. The van der Waals surface area contributed by atoms with Crippen LogP contribution in [0.15, 0.2) is 15.7 Å². The van der Waals surface area contributed by atoms with Gasteiger partial charge in [0.2, 0.25) is 0 Å². The van der Waals surface area contributed by atoms with Crippen molar-refractivity contribution in [1.29, 1.82) is 5.26 Å². The molecule has 0 spiro atoms. The van der Waals surface area contributed by atoms with Crippen LogP contribution in [0.5, 0.6) is 0 Å². The zero-order valence-corrected chi connectivity index (χ0v) is 12.6. The van der Waals surface area contributed by atoms with Gasteiger partial charge in [-0.3, -0.25) is 0 Å². The lowest BCUT2D eigenvalue weighted by Gasteiger charge is -1.96. The van der Waals surface area contributed by atoms with E-state index in [-0.39, 0.29) is 0 Å². The Hall–Kier alpha value is -0.250. The fourth-order valence-corrected chi connectivity index (χ4v) is 3.14. The van der Waals surface area contributed by atoms with Crippen molar-refractivity contribution in [3.63, 3.8) is 0 Å². The van der Waals surface area contributed by atoms with E-state index in [1.165, 1.54) is 29.6 Å². The number of aromatic nitrogens is 1. The Labute approximate surface area is 127 Å². The van der Waals surface area contributed by atoms with E-state index in [0.717, 1.165) is 0 Å². The van der Waals surface area contributed by atoms with Gasteiger partial charge in [0.15, 0.2) is 5.58 Å². The molecule has 2 rings (SSSR count). The van der Waals surface area contributed by atoms with Gasteiger partial charge < -0.3 is 4.42 Å². The summed E-state index contributed by atoms with van der Waals surface area (Å²) in [6.07, 6.45) is 0. The molecule has 0 unspecified atom stereocenters. The topological polar surface area (TPSA) is 49.8 Å². The maximum Gasteiger partial charge on any atom is 0.256 e. The van der Waals surface area contributed by atoms with E-state index in [1.807, 2.05) is 5.40 Å². The minimum absolute atomic E-state index is 0.307. The molecule has 1 aromatic heterocycles. The first kappa shape index (κ1) is 14.2. The quantitative estimate of drug-likeness (QED) is 0.336. The molecule has 0 saturated carbocycles. The smallest absolute Gasteiger partial charge is 0.256 e. The molecule has 0 radical (unpaired) electrons. The molecule has 0 bridgehead atoms. The Balaban J connectivity index is 2.25. The van der Waals surface area contributed by atoms with Crippen LogP contribution in [0.4, 0.5) is 0 Å². The summed E-state index contributed by atoms with van der Waals surface area (Å²) in [7, 11) is 0. The summed E-state index contributed by atoms with van der Waals surface area (Å²) in [4.78, 5) is 4.24. The molecule has 0 aliphatic carbocycles. The Kier molecular flexibility index (Phi) is 4.93. The largest absolute Gasteiger partial charge is 0.430 e. The molecule has 0 saturated heterocycles. The molecule has 1 heterocycles. The average molecular weight is 340 g/mol. The lowest BCUT2D eigenvalue weighted by Crippen LogP contribution is -1.81. The summed E-state index contributed by atoms with van der Waals surface area (Å²) in [6, 6.07) is 1.54. The second-order valence-electron chi connectivity index (χ2n) is 3.10. The highest BCUT2D eigenvalue weighted by Crippen LogP contribution is 2.37. The standard InChI is InChI=1S/C10H5Cl3N2OS2/c11-5-3-6(12)8-9(7(5)13)16-10(15-8)18-2-1-17-4-14/h3H,1-2H2. The van der Waals surface area contributed by atoms with Crippen LogP contribution in [-0.4, -0.2) is 16.5 Å². The Morgan fingerprint density at radius 2 is 2.06 bits per heavy atom. The molecule has 18 heavy (non-hydrogen) atoms. The van der Waals surface area contributed by atoms with Gasteiger partial charge in [-0.15, -0.1) is 0 Å². The number of nitrogens with zero attached hydrogens (tertiary/aromatic N) is 2. The molecule has 2 aromatic rings. The first-order valence-electron chi connectivity index (χ1n) is 4.71. The fourth-order valence-electron chi connectivity index (χ4n) is 1.24. The molecule has 8 heteroatoms. The number of nitriles is 1. The van der Waals surface area contributed by atoms with Crippen LogP contribution in [0, 0.1) is 10.7 Å². The second-order valence-corrected chi connectivity index (χ2v) is 6.22. The van der Waals surface area contributed by atoms with Crippen molar-refractivity contribution in [3.05, 3.63) is 21.1 Å². The highest BCUT2D eigenvalue weighted by Gasteiger charge is 2.15. The molecule has 0 aliphatic heterocycles. The zero-order chi connectivity index (χ0) is 13.1. The number of benzene rings is 1. The molecule has 0 atom stereocenters. The number of hydrogen-bond acceptors (Lipinski definition) is 5. The third-order valence-corrected chi connectivity index (χ3v) is 4.66. The second kappa shape index (κ2) is 6.27. The highest BCUT2D eigenvalue weighted by molar-refractivity contribution is 8.05. The molecular formula is C10H5Cl3N2OS2. The van der Waals surface area contributed by atoms with Crippen LogP contribution < -0.4 is 0 Å². The lowest BCUT2D eigenvalue weighted by molar-refractivity contribution is 0.490. The van der Waals surface area contributed by atoms with Crippen molar-refractivity contribution in [3.8, 4) is 5.40 Å². The Morgan fingerprint density at radius 3 is 2.78 bits per heavy atom. The predicted molar refractivity (Wildman–Crippen MR) is 77.8 cm³/mol. The number of thiocyanates is 1. The van der Waals surface area contributed by atoms with Gasteiger partial charge in [-0.05, 0) is 17.8 Å². The van der Waals surface area contributed by atoms with Crippen molar-refractivity contribution in [2.24, 2.45) is 0 Å². The minimum Gasteiger partial charge on any atom is -0.430 e. The molecular weight excluding hydrogens is 335 g/mol. The molecule has 3 nitrogen and oxygen atoms in total. The number of fused-ring (bicyclic) bond motifs is 1. The van der Waals surface area contributed by atoms with E-state index in [2.05, 4.69) is 4.98 Å². The Bertz CT molecular complexity index is 624. The van der Waals surface area contributed by atoms with Gasteiger partial charge in [-0.25, -0.2) is 4.98 Å². The maximum absolute atomic E-state index is 8.40. The number of oxazole rings is 1. The van der Waals surface area contributed by atoms with Crippen molar-refractivity contribution < 1.29 is 4.42 Å². The normalized spacial score (nSPS) is 10.8. The monoisotopic (exact) mass is 338 g/mol. The summed E-state index contributed by atoms with van der Waals surface area (Å²) in [5.41, 5.74) is 0.895. The first-order chi connectivity index (χ1) is 8.63. The van der Waals surface area contributed by atoms with Gasteiger partial charge in [0.1, 0.15) is 15.9 Å². The molecule has 0 amide bonds. The molecule has 0 N–H and O–H groups in total. The fraction of sp³-hybridized carbons (Fsp3) is 0.200. The van der Waals surface area contributed by atoms with Crippen LogP contribution in [-0.2, 0) is 0 Å². The number of halogens is 3.